The first-order valence-electron chi connectivity index (χ1n) is 5.29. The SMILES string of the molecule is NCCn1cc(-c2nnc3ccccn23)nn1. The molecule has 3 rings (SSSR count). The Hall–Kier alpha value is -2.28. The zero-order chi connectivity index (χ0) is 11.7. The van der Waals surface area contributed by atoms with Crippen molar-refractivity contribution in [1.82, 2.24) is 29.6 Å². The van der Waals surface area contributed by atoms with E-state index in [1.807, 2.05) is 35.0 Å². The van der Waals surface area contributed by atoms with Crippen LogP contribution in [-0.2, 0) is 6.54 Å². The van der Waals surface area contributed by atoms with Gasteiger partial charge in [0, 0.05) is 12.7 Å². The van der Waals surface area contributed by atoms with Gasteiger partial charge in [-0.2, -0.15) is 0 Å². The van der Waals surface area contributed by atoms with E-state index in [4.69, 9.17) is 5.73 Å². The molecular weight excluding hydrogens is 218 g/mol. The van der Waals surface area contributed by atoms with Crippen LogP contribution in [0.1, 0.15) is 0 Å². The fourth-order valence-corrected chi connectivity index (χ4v) is 1.66. The van der Waals surface area contributed by atoms with Gasteiger partial charge in [-0.15, -0.1) is 15.3 Å². The summed E-state index contributed by atoms with van der Waals surface area (Å²) in [5, 5.41) is 16.2. The second-order valence-electron chi connectivity index (χ2n) is 3.61. The standard InChI is InChI=1S/C10H11N7/c11-4-6-16-7-8(12-15-16)10-14-13-9-3-1-2-5-17(9)10/h1-3,5,7H,4,6,11H2. The third-order valence-electron chi connectivity index (χ3n) is 2.44. The van der Waals surface area contributed by atoms with Crippen molar-refractivity contribution in [3.8, 4) is 11.5 Å². The molecule has 0 aliphatic carbocycles. The Labute approximate surface area is 96.9 Å². The minimum absolute atomic E-state index is 0.531. The topological polar surface area (TPSA) is 86.9 Å². The number of aromatic nitrogens is 6. The lowest BCUT2D eigenvalue weighted by Gasteiger charge is -1.94. The molecule has 0 fully saturated rings. The molecule has 17 heavy (non-hydrogen) atoms. The van der Waals surface area contributed by atoms with E-state index in [9.17, 15) is 0 Å². The van der Waals surface area contributed by atoms with Crippen LogP contribution in [0.25, 0.3) is 17.2 Å². The molecule has 0 aromatic carbocycles. The summed E-state index contributed by atoms with van der Waals surface area (Å²) in [6.07, 6.45) is 3.71. The summed E-state index contributed by atoms with van der Waals surface area (Å²) in [5.41, 5.74) is 6.94. The van der Waals surface area contributed by atoms with E-state index in [0.717, 1.165) is 5.65 Å². The Balaban J connectivity index is 2.07. The van der Waals surface area contributed by atoms with Crippen LogP contribution in [0.4, 0.5) is 0 Å². The van der Waals surface area contributed by atoms with Gasteiger partial charge in [0.15, 0.2) is 17.2 Å². The van der Waals surface area contributed by atoms with Crippen LogP contribution in [0.3, 0.4) is 0 Å². The Morgan fingerprint density at radius 1 is 1.18 bits per heavy atom. The molecule has 0 saturated carbocycles. The molecule has 86 valence electrons. The van der Waals surface area contributed by atoms with Crippen molar-refractivity contribution in [2.45, 2.75) is 6.54 Å². The lowest BCUT2D eigenvalue weighted by molar-refractivity contribution is 0.598. The molecule has 0 bridgehead atoms. The Kier molecular flexibility index (Phi) is 2.30. The highest BCUT2D eigenvalue weighted by Gasteiger charge is 2.10. The van der Waals surface area contributed by atoms with Gasteiger partial charge in [-0.05, 0) is 12.1 Å². The van der Waals surface area contributed by atoms with Crippen LogP contribution in [0.15, 0.2) is 30.6 Å². The van der Waals surface area contributed by atoms with Crippen molar-refractivity contribution in [2.24, 2.45) is 5.73 Å². The second-order valence-corrected chi connectivity index (χ2v) is 3.61. The molecule has 0 unspecified atom stereocenters. The largest absolute Gasteiger partial charge is 0.329 e. The third-order valence-corrected chi connectivity index (χ3v) is 2.44. The highest BCUT2D eigenvalue weighted by atomic mass is 15.4. The molecule has 7 nitrogen and oxygen atoms in total. The molecule has 0 aliphatic heterocycles. The number of nitrogens with two attached hydrogens (primary N) is 1. The monoisotopic (exact) mass is 229 g/mol. The minimum Gasteiger partial charge on any atom is -0.329 e. The normalized spacial score (nSPS) is 11.1. The average Bonchev–Trinajstić information content (AvgIpc) is 2.95. The zero-order valence-corrected chi connectivity index (χ0v) is 9.06. The molecule has 0 amide bonds. The summed E-state index contributed by atoms with van der Waals surface area (Å²) in [4.78, 5) is 0. The van der Waals surface area contributed by atoms with E-state index >= 15 is 0 Å². The molecule has 0 atom stereocenters. The smallest absolute Gasteiger partial charge is 0.190 e. The van der Waals surface area contributed by atoms with E-state index < -0.39 is 0 Å². The second kappa shape index (κ2) is 3.95. The zero-order valence-electron chi connectivity index (χ0n) is 9.06. The Morgan fingerprint density at radius 2 is 2.12 bits per heavy atom. The number of hydrogen-bond donors (Lipinski definition) is 1. The van der Waals surface area contributed by atoms with Gasteiger partial charge < -0.3 is 5.73 Å². The summed E-state index contributed by atoms with van der Waals surface area (Å²) in [6, 6.07) is 5.73. The first-order valence-corrected chi connectivity index (χ1v) is 5.29. The van der Waals surface area contributed by atoms with E-state index in [-0.39, 0.29) is 0 Å². The molecule has 3 aromatic heterocycles. The molecule has 3 heterocycles. The molecule has 0 saturated heterocycles. The van der Waals surface area contributed by atoms with Gasteiger partial charge in [0.2, 0.25) is 0 Å². The van der Waals surface area contributed by atoms with Crippen LogP contribution in [-0.4, -0.2) is 36.1 Å². The molecule has 2 N–H and O–H groups in total. The molecular formula is C10H11N7. The van der Waals surface area contributed by atoms with Crippen molar-refractivity contribution in [3.05, 3.63) is 30.6 Å². The van der Waals surface area contributed by atoms with Crippen LogP contribution >= 0.6 is 0 Å². The van der Waals surface area contributed by atoms with Gasteiger partial charge in [-0.25, -0.2) is 0 Å². The molecule has 7 heteroatoms. The van der Waals surface area contributed by atoms with E-state index in [1.165, 1.54) is 0 Å². The average molecular weight is 229 g/mol. The van der Waals surface area contributed by atoms with Crippen LogP contribution < -0.4 is 5.73 Å². The quantitative estimate of drug-likeness (QED) is 0.680. The van der Waals surface area contributed by atoms with Gasteiger partial charge in [0.05, 0.1) is 12.7 Å². The fraction of sp³-hybridized carbons (Fsp3) is 0.200. The van der Waals surface area contributed by atoms with Crippen molar-refractivity contribution < 1.29 is 0 Å². The predicted octanol–water partition coefficient (Wildman–Crippen LogP) is -0.0535. The highest BCUT2D eigenvalue weighted by Crippen LogP contribution is 2.14. The predicted molar refractivity (Wildman–Crippen MR) is 61.1 cm³/mol. The fourth-order valence-electron chi connectivity index (χ4n) is 1.66. The first-order chi connectivity index (χ1) is 8.38. The van der Waals surface area contributed by atoms with Gasteiger partial charge in [0.25, 0.3) is 0 Å². The maximum absolute atomic E-state index is 5.46. The van der Waals surface area contributed by atoms with Crippen LogP contribution in [0.2, 0.25) is 0 Å². The molecule has 0 radical (unpaired) electrons. The summed E-state index contributed by atoms with van der Waals surface area (Å²) < 4.78 is 3.57. The summed E-state index contributed by atoms with van der Waals surface area (Å²) in [6.45, 7) is 1.17. The van der Waals surface area contributed by atoms with Gasteiger partial charge >= 0.3 is 0 Å². The van der Waals surface area contributed by atoms with Crippen molar-refractivity contribution >= 4 is 5.65 Å². The maximum Gasteiger partial charge on any atom is 0.190 e. The summed E-state index contributed by atoms with van der Waals surface area (Å²) in [5.74, 6) is 0.684. The van der Waals surface area contributed by atoms with E-state index in [1.54, 1.807) is 4.68 Å². The van der Waals surface area contributed by atoms with Gasteiger partial charge in [0.1, 0.15) is 0 Å². The van der Waals surface area contributed by atoms with Gasteiger partial charge in [-0.3, -0.25) is 9.08 Å². The molecule has 0 aliphatic rings. The number of fused-ring (bicyclic) bond motifs is 1. The molecule has 3 aromatic rings. The lowest BCUT2D eigenvalue weighted by atomic mass is 10.4. The minimum atomic E-state index is 0.531. The number of nitrogens with zero attached hydrogens (tertiary/aromatic N) is 6. The molecule has 0 spiro atoms. The maximum atomic E-state index is 5.46. The van der Waals surface area contributed by atoms with Crippen LogP contribution in [0, 0.1) is 0 Å². The van der Waals surface area contributed by atoms with Crippen molar-refractivity contribution in [3.63, 3.8) is 0 Å². The summed E-state index contributed by atoms with van der Waals surface area (Å²) in [7, 11) is 0. The lowest BCUT2D eigenvalue weighted by Crippen LogP contribution is -2.10. The van der Waals surface area contributed by atoms with Crippen molar-refractivity contribution in [2.75, 3.05) is 6.54 Å². The number of hydrogen-bond acceptors (Lipinski definition) is 5. The van der Waals surface area contributed by atoms with E-state index in [2.05, 4.69) is 20.5 Å². The third kappa shape index (κ3) is 1.66. The first kappa shape index (κ1) is 9.91. The Bertz CT molecular complexity index is 639. The number of rotatable bonds is 3. The van der Waals surface area contributed by atoms with Gasteiger partial charge in [-0.1, -0.05) is 11.3 Å². The Morgan fingerprint density at radius 3 is 3.00 bits per heavy atom. The summed E-state index contributed by atoms with van der Waals surface area (Å²) >= 11 is 0. The highest BCUT2D eigenvalue weighted by molar-refractivity contribution is 5.53. The van der Waals surface area contributed by atoms with E-state index in [0.29, 0.717) is 24.6 Å². The number of pyridine rings is 1. The van der Waals surface area contributed by atoms with Crippen LogP contribution in [0.5, 0.6) is 0 Å². The van der Waals surface area contributed by atoms with Crippen molar-refractivity contribution in [1.29, 1.82) is 0 Å².